The maximum atomic E-state index is 5.98. The van der Waals surface area contributed by atoms with Crippen LogP contribution in [0.2, 0.25) is 5.02 Å². The molecule has 0 atom stereocenters. The molecule has 2 rings (SSSR count). The third-order valence-electron chi connectivity index (χ3n) is 3.64. The van der Waals surface area contributed by atoms with Gasteiger partial charge in [-0.05, 0) is 39.8 Å². The van der Waals surface area contributed by atoms with Crippen molar-refractivity contribution in [2.45, 2.75) is 46.3 Å². The van der Waals surface area contributed by atoms with Crippen molar-refractivity contribution >= 4 is 17.2 Å². The van der Waals surface area contributed by atoms with E-state index in [0.29, 0.717) is 12.1 Å². The molecule has 5 heteroatoms. The Morgan fingerprint density at radius 2 is 1.90 bits per heavy atom. The number of hydrogen-bond acceptors (Lipinski definition) is 3. The lowest BCUT2D eigenvalue weighted by Crippen LogP contribution is -2.41. The summed E-state index contributed by atoms with van der Waals surface area (Å²) in [4.78, 5) is 7.05. The van der Waals surface area contributed by atoms with Crippen molar-refractivity contribution in [1.82, 2.24) is 19.6 Å². The van der Waals surface area contributed by atoms with Crippen molar-refractivity contribution in [3.8, 4) is 0 Å². The van der Waals surface area contributed by atoms with Crippen LogP contribution in [0.25, 0.3) is 5.65 Å². The lowest BCUT2D eigenvalue weighted by molar-refractivity contribution is 0.175. The van der Waals surface area contributed by atoms with E-state index in [-0.39, 0.29) is 0 Å². The first kappa shape index (κ1) is 16.3. The van der Waals surface area contributed by atoms with Gasteiger partial charge in [0.25, 0.3) is 0 Å². The summed E-state index contributed by atoms with van der Waals surface area (Å²) >= 11 is 5.98. The highest BCUT2D eigenvalue weighted by atomic mass is 35.5. The highest BCUT2D eigenvalue weighted by Crippen LogP contribution is 2.11. The van der Waals surface area contributed by atoms with Gasteiger partial charge in [0.2, 0.25) is 0 Å². The van der Waals surface area contributed by atoms with Crippen LogP contribution in [-0.4, -0.2) is 39.5 Å². The Bertz CT molecular complexity index is 569. The smallest absolute Gasteiger partial charge is 0.137 e. The summed E-state index contributed by atoms with van der Waals surface area (Å²) in [5.74, 6) is 0. The summed E-state index contributed by atoms with van der Waals surface area (Å²) < 4.78 is 1.97. The van der Waals surface area contributed by atoms with E-state index in [9.17, 15) is 0 Å². The van der Waals surface area contributed by atoms with E-state index in [1.807, 2.05) is 28.9 Å². The molecule has 0 aromatic carbocycles. The van der Waals surface area contributed by atoms with Crippen LogP contribution < -0.4 is 5.32 Å². The highest BCUT2D eigenvalue weighted by Gasteiger charge is 2.12. The number of halogens is 1. The molecule has 0 radical (unpaired) electrons. The quantitative estimate of drug-likeness (QED) is 0.797. The molecule has 2 heterocycles. The molecule has 2 aromatic rings. The zero-order valence-corrected chi connectivity index (χ0v) is 14.1. The summed E-state index contributed by atoms with van der Waals surface area (Å²) in [5.41, 5.74) is 1.97. The maximum Gasteiger partial charge on any atom is 0.137 e. The second kappa shape index (κ2) is 7.25. The predicted molar refractivity (Wildman–Crippen MR) is 88.9 cm³/mol. The highest BCUT2D eigenvalue weighted by molar-refractivity contribution is 6.30. The molecular weight excluding hydrogens is 284 g/mol. The number of nitrogens with zero attached hydrogens (tertiary/aromatic N) is 3. The number of rotatable bonds is 7. The number of hydrogen-bond donors (Lipinski definition) is 1. The lowest BCUT2D eigenvalue weighted by Gasteiger charge is -2.30. The van der Waals surface area contributed by atoms with Gasteiger partial charge in [-0.2, -0.15) is 0 Å². The molecule has 0 fully saturated rings. The van der Waals surface area contributed by atoms with Crippen molar-refractivity contribution in [3.05, 3.63) is 35.2 Å². The van der Waals surface area contributed by atoms with Gasteiger partial charge in [-0.15, -0.1) is 0 Å². The fourth-order valence-corrected chi connectivity index (χ4v) is 2.81. The lowest BCUT2D eigenvalue weighted by atomic mass is 10.2. The van der Waals surface area contributed by atoms with Gasteiger partial charge in [-0.1, -0.05) is 11.6 Å². The first-order valence-electron chi connectivity index (χ1n) is 7.57. The minimum atomic E-state index is 0.573. The van der Waals surface area contributed by atoms with Crippen LogP contribution >= 0.6 is 11.6 Å². The molecule has 0 spiro atoms. The number of aromatic nitrogens is 2. The topological polar surface area (TPSA) is 32.6 Å². The molecule has 0 aliphatic carbocycles. The first-order valence-corrected chi connectivity index (χ1v) is 7.94. The molecule has 0 unspecified atom stereocenters. The van der Waals surface area contributed by atoms with Crippen molar-refractivity contribution in [2.24, 2.45) is 0 Å². The molecule has 0 saturated heterocycles. The molecule has 0 saturated carbocycles. The second-order valence-corrected chi connectivity index (χ2v) is 6.38. The van der Waals surface area contributed by atoms with E-state index >= 15 is 0 Å². The number of fused-ring (bicyclic) bond motifs is 1. The fraction of sp³-hybridized carbons (Fsp3) is 0.562. The van der Waals surface area contributed by atoms with Gasteiger partial charge >= 0.3 is 0 Å². The van der Waals surface area contributed by atoms with E-state index < -0.39 is 0 Å². The van der Waals surface area contributed by atoms with Crippen molar-refractivity contribution in [2.75, 3.05) is 13.1 Å². The van der Waals surface area contributed by atoms with Crippen LogP contribution in [0.5, 0.6) is 0 Å². The van der Waals surface area contributed by atoms with Crippen LogP contribution in [-0.2, 0) is 6.54 Å². The monoisotopic (exact) mass is 308 g/mol. The Hall–Kier alpha value is -1.10. The number of imidazole rings is 1. The largest absolute Gasteiger partial charge is 0.310 e. The van der Waals surface area contributed by atoms with Gasteiger partial charge in [0.1, 0.15) is 5.65 Å². The molecule has 1 N–H and O–H groups in total. The van der Waals surface area contributed by atoms with E-state index in [4.69, 9.17) is 11.6 Å². The first-order chi connectivity index (χ1) is 9.97. The molecule has 21 heavy (non-hydrogen) atoms. The van der Waals surface area contributed by atoms with E-state index in [1.165, 1.54) is 0 Å². The van der Waals surface area contributed by atoms with Gasteiger partial charge in [-0.3, -0.25) is 4.90 Å². The van der Waals surface area contributed by atoms with E-state index in [0.717, 1.165) is 36.0 Å². The van der Waals surface area contributed by atoms with Gasteiger partial charge in [0.05, 0.1) is 10.7 Å². The minimum absolute atomic E-state index is 0.573. The number of nitrogens with one attached hydrogen (secondary N) is 1. The van der Waals surface area contributed by atoms with Crippen LogP contribution in [0.15, 0.2) is 24.5 Å². The second-order valence-electron chi connectivity index (χ2n) is 5.95. The fourth-order valence-electron chi connectivity index (χ4n) is 2.64. The molecule has 4 nitrogen and oxygen atoms in total. The summed E-state index contributed by atoms with van der Waals surface area (Å²) in [5, 5.41) is 4.19. The standard InChI is InChI=1S/C16H25ClN4/c1-12(2)21(13(3)4)8-7-18-9-15-11-20-10-14(17)5-6-16(20)19-15/h5-6,10-13,18H,7-9H2,1-4H3. The Labute approximate surface area is 132 Å². The zero-order chi connectivity index (χ0) is 15.4. The SMILES string of the molecule is CC(C)N(CCNCc1cn2cc(Cl)ccc2n1)C(C)C. The predicted octanol–water partition coefficient (Wildman–Crippen LogP) is 3.20. The molecule has 0 aliphatic rings. The van der Waals surface area contributed by atoms with Crippen LogP contribution in [0, 0.1) is 0 Å². The molecule has 0 bridgehead atoms. The average molecular weight is 309 g/mol. The normalized spacial score (nSPS) is 12.2. The molecule has 2 aromatic heterocycles. The third-order valence-corrected chi connectivity index (χ3v) is 3.87. The van der Waals surface area contributed by atoms with Gasteiger partial charge in [0, 0.05) is 44.1 Å². The van der Waals surface area contributed by atoms with E-state index in [2.05, 4.69) is 42.9 Å². The van der Waals surface area contributed by atoms with Crippen molar-refractivity contribution < 1.29 is 0 Å². The molecular formula is C16H25ClN4. The molecule has 0 amide bonds. The Kier molecular flexibility index (Phi) is 5.62. The number of pyridine rings is 1. The minimum Gasteiger partial charge on any atom is -0.310 e. The Balaban J connectivity index is 1.85. The van der Waals surface area contributed by atoms with Crippen LogP contribution in [0.4, 0.5) is 0 Å². The maximum absolute atomic E-state index is 5.98. The van der Waals surface area contributed by atoms with Crippen molar-refractivity contribution in [3.63, 3.8) is 0 Å². The van der Waals surface area contributed by atoms with Gasteiger partial charge in [-0.25, -0.2) is 4.98 Å². The van der Waals surface area contributed by atoms with Crippen LogP contribution in [0.3, 0.4) is 0 Å². The summed E-state index contributed by atoms with van der Waals surface area (Å²) in [6.45, 7) is 11.8. The molecule has 116 valence electrons. The van der Waals surface area contributed by atoms with Gasteiger partial charge in [0.15, 0.2) is 0 Å². The zero-order valence-electron chi connectivity index (χ0n) is 13.3. The summed E-state index contributed by atoms with van der Waals surface area (Å²) in [6.07, 6.45) is 3.91. The van der Waals surface area contributed by atoms with Crippen LogP contribution in [0.1, 0.15) is 33.4 Å². The summed E-state index contributed by atoms with van der Waals surface area (Å²) in [6, 6.07) is 4.95. The third kappa shape index (κ3) is 4.43. The Morgan fingerprint density at radius 3 is 2.57 bits per heavy atom. The average Bonchev–Trinajstić information content (AvgIpc) is 2.79. The summed E-state index contributed by atoms with van der Waals surface area (Å²) in [7, 11) is 0. The Morgan fingerprint density at radius 1 is 1.19 bits per heavy atom. The van der Waals surface area contributed by atoms with Crippen molar-refractivity contribution in [1.29, 1.82) is 0 Å². The molecule has 0 aliphatic heterocycles. The van der Waals surface area contributed by atoms with Gasteiger partial charge < -0.3 is 9.72 Å². The van der Waals surface area contributed by atoms with E-state index in [1.54, 1.807) is 0 Å².